The number of aryl methyl sites for hydroxylation is 1. The molecule has 0 aliphatic rings. The fourth-order valence-corrected chi connectivity index (χ4v) is 2.85. The topological polar surface area (TPSA) is 47.1 Å². The zero-order chi connectivity index (χ0) is 17.1. The number of anilines is 1. The van der Waals surface area contributed by atoms with Crippen LogP contribution < -0.4 is 5.73 Å². The van der Waals surface area contributed by atoms with Gasteiger partial charge in [-0.2, -0.15) is 0 Å². The lowest BCUT2D eigenvalue weighted by molar-refractivity contribution is 0.315. The number of hydrogen-bond acceptors (Lipinski definition) is 3. The van der Waals surface area contributed by atoms with Gasteiger partial charge in [0.25, 0.3) is 0 Å². The van der Waals surface area contributed by atoms with E-state index in [1.165, 1.54) is 5.56 Å². The molecular formula is C18H20F2N4. The van der Waals surface area contributed by atoms with E-state index in [1.54, 1.807) is 4.57 Å². The van der Waals surface area contributed by atoms with Crippen LogP contribution >= 0.6 is 0 Å². The maximum Gasteiger partial charge on any atom is 0.201 e. The molecule has 2 N–H and O–H groups in total. The van der Waals surface area contributed by atoms with E-state index in [9.17, 15) is 8.78 Å². The molecule has 0 saturated carbocycles. The van der Waals surface area contributed by atoms with Gasteiger partial charge >= 0.3 is 0 Å². The van der Waals surface area contributed by atoms with Crippen LogP contribution in [-0.4, -0.2) is 28.0 Å². The minimum absolute atomic E-state index is 0.278. The number of nitrogens with two attached hydrogens (primary N) is 1. The summed E-state index contributed by atoms with van der Waals surface area (Å²) in [5.74, 6) is -1.51. The molecule has 0 aliphatic carbocycles. The number of fused-ring (bicyclic) bond motifs is 1. The van der Waals surface area contributed by atoms with Crippen molar-refractivity contribution in [3.63, 3.8) is 0 Å². The van der Waals surface area contributed by atoms with E-state index in [-0.39, 0.29) is 5.95 Å². The van der Waals surface area contributed by atoms with Gasteiger partial charge in [-0.25, -0.2) is 13.8 Å². The van der Waals surface area contributed by atoms with E-state index in [2.05, 4.69) is 29.1 Å². The molecule has 3 aromatic rings. The highest BCUT2D eigenvalue weighted by molar-refractivity contribution is 5.78. The second kappa shape index (κ2) is 6.97. The molecule has 0 fully saturated rings. The molecule has 3 rings (SSSR count). The van der Waals surface area contributed by atoms with E-state index in [0.29, 0.717) is 17.6 Å². The predicted molar refractivity (Wildman–Crippen MR) is 91.5 cm³/mol. The standard InChI is InChI=1S/C18H20F2N4/c1-23(12-13-6-3-2-4-7-13)8-5-9-24-17-11-15(20)14(19)10-16(17)22-18(24)21/h2-4,6-7,10-11H,5,8-9,12H2,1H3,(H2,21,22). The molecule has 0 saturated heterocycles. The van der Waals surface area contributed by atoms with Crippen molar-refractivity contribution >= 4 is 17.0 Å². The molecule has 1 aromatic heterocycles. The van der Waals surface area contributed by atoms with Gasteiger partial charge in [-0.05, 0) is 25.6 Å². The Bertz CT molecular complexity index is 830. The van der Waals surface area contributed by atoms with E-state index in [0.717, 1.165) is 31.6 Å². The quantitative estimate of drug-likeness (QED) is 0.753. The molecule has 0 bridgehead atoms. The summed E-state index contributed by atoms with van der Waals surface area (Å²) in [5.41, 5.74) is 8.05. The lowest BCUT2D eigenvalue weighted by atomic mass is 10.2. The minimum atomic E-state index is -0.908. The first-order valence-electron chi connectivity index (χ1n) is 7.88. The summed E-state index contributed by atoms with van der Waals surface area (Å²) >= 11 is 0. The van der Waals surface area contributed by atoms with Gasteiger partial charge in [-0.1, -0.05) is 30.3 Å². The zero-order valence-corrected chi connectivity index (χ0v) is 13.5. The fraction of sp³-hybridized carbons (Fsp3) is 0.278. The molecule has 6 heteroatoms. The second-order valence-electron chi connectivity index (χ2n) is 5.95. The molecule has 2 aromatic carbocycles. The van der Waals surface area contributed by atoms with Crippen LogP contribution in [0.25, 0.3) is 11.0 Å². The van der Waals surface area contributed by atoms with Gasteiger partial charge < -0.3 is 15.2 Å². The van der Waals surface area contributed by atoms with Gasteiger partial charge in [0.15, 0.2) is 11.6 Å². The number of aromatic nitrogens is 2. The molecule has 0 aliphatic heterocycles. The Balaban J connectivity index is 1.63. The summed E-state index contributed by atoms with van der Waals surface area (Å²) in [4.78, 5) is 6.31. The van der Waals surface area contributed by atoms with Crippen molar-refractivity contribution in [2.45, 2.75) is 19.5 Å². The van der Waals surface area contributed by atoms with E-state index < -0.39 is 11.6 Å². The summed E-state index contributed by atoms with van der Waals surface area (Å²) < 4.78 is 28.5. The number of halogens is 2. The molecule has 1 heterocycles. The SMILES string of the molecule is CN(CCCn1c(N)nc2cc(F)c(F)cc21)Cc1ccccc1. The highest BCUT2D eigenvalue weighted by atomic mass is 19.2. The highest BCUT2D eigenvalue weighted by Crippen LogP contribution is 2.21. The molecule has 126 valence electrons. The minimum Gasteiger partial charge on any atom is -0.369 e. The fourth-order valence-electron chi connectivity index (χ4n) is 2.85. The molecule has 0 radical (unpaired) electrons. The average molecular weight is 330 g/mol. The van der Waals surface area contributed by atoms with Gasteiger partial charge in [-0.3, -0.25) is 0 Å². The smallest absolute Gasteiger partial charge is 0.201 e. The van der Waals surface area contributed by atoms with Crippen molar-refractivity contribution in [3.05, 3.63) is 59.7 Å². The van der Waals surface area contributed by atoms with Crippen LogP contribution in [0, 0.1) is 11.6 Å². The largest absolute Gasteiger partial charge is 0.369 e. The third-order valence-electron chi connectivity index (χ3n) is 4.04. The first-order valence-corrected chi connectivity index (χ1v) is 7.88. The second-order valence-corrected chi connectivity index (χ2v) is 5.95. The number of nitrogens with zero attached hydrogens (tertiary/aromatic N) is 3. The lowest BCUT2D eigenvalue weighted by Gasteiger charge is -2.17. The monoisotopic (exact) mass is 330 g/mol. The average Bonchev–Trinajstić information content (AvgIpc) is 2.84. The molecule has 4 nitrogen and oxygen atoms in total. The third kappa shape index (κ3) is 3.54. The lowest BCUT2D eigenvalue weighted by Crippen LogP contribution is -2.20. The number of rotatable bonds is 6. The van der Waals surface area contributed by atoms with Crippen LogP contribution in [0.15, 0.2) is 42.5 Å². The molecule has 0 spiro atoms. The van der Waals surface area contributed by atoms with Crippen LogP contribution in [0.4, 0.5) is 14.7 Å². The number of imidazole rings is 1. The molecule has 0 amide bonds. The predicted octanol–water partition coefficient (Wildman–Crippen LogP) is 3.42. The Kier molecular flexibility index (Phi) is 4.76. The number of nitrogen functional groups attached to an aromatic ring is 1. The maximum absolute atomic E-state index is 13.5. The van der Waals surface area contributed by atoms with Crippen molar-refractivity contribution < 1.29 is 8.78 Å². The summed E-state index contributed by atoms with van der Waals surface area (Å²) in [6, 6.07) is 12.5. The summed E-state index contributed by atoms with van der Waals surface area (Å²) in [6.07, 6.45) is 0.831. The first-order chi connectivity index (χ1) is 11.5. The van der Waals surface area contributed by atoms with Gasteiger partial charge in [0.05, 0.1) is 11.0 Å². The third-order valence-corrected chi connectivity index (χ3v) is 4.04. The summed E-state index contributed by atoms with van der Waals surface area (Å²) in [6.45, 7) is 2.32. The highest BCUT2D eigenvalue weighted by Gasteiger charge is 2.12. The van der Waals surface area contributed by atoms with Crippen LogP contribution in [0.5, 0.6) is 0 Å². The number of hydrogen-bond donors (Lipinski definition) is 1. The van der Waals surface area contributed by atoms with Crippen molar-refractivity contribution in [1.29, 1.82) is 0 Å². The van der Waals surface area contributed by atoms with Crippen LogP contribution in [0.2, 0.25) is 0 Å². The van der Waals surface area contributed by atoms with Crippen molar-refractivity contribution in [3.8, 4) is 0 Å². The first kappa shape index (κ1) is 16.4. The van der Waals surface area contributed by atoms with Crippen LogP contribution in [0.3, 0.4) is 0 Å². The van der Waals surface area contributed by atoms with Gasteiger partial charge in [0.2, 0.25) is 5.95 Å². The van der Waals surface area contributed by atoms with Gasteiger partial charge in [0, 0.05) is 25.2 Å². The molecular weight excluding hydrogens is 310 g/mol. The van der Waals surface area contributed by atoms with Crippen LogP contribution in [-0.2, 0) is 13.1 Å². The van der Waals surface area contributed by atoms with Crippen LogP contribution in [0.1, 0.15) is 12.0 Å². The maximum atomic E-state index is 13.5. The molecule has 24 heavy (non-hydrogen) atoms. The Hall–Kier alpha value is -2.47. The van der Waals surface area contributed by atoms with E-state index in [4.69, 9.17) is 5.73 Å². The van der Waals surface area contributed by atoms with E-state index in [1.807, 2.05) is 18.2 Å². The Morgan fingerprint density at radius 3 is 2.58 bits per heavy atom. The Morgan fingerprint density at radius 1 is 1.12 bits per heavy atom. The molecule has 0 atom stereocenters. The summed E-state index contributed by atoms with van der Waals surface area (Å²) in [7, 11) is 2.05. The van der Waals surface area contributed by atoms with Crippen molar-refractivity contribution in [1.82, 2.24) is 14.5 Å². The van der Waals surface area contributed by atoms with Gasteiger partial charge in [-0.15, -0.1) is 0 Å². The van der Waals surface area contributed by atoms with Crippen molar-refractivity contribution in [2.75, 3.05) is 19.3 Å². The zero-order valence-electron chi connectivity index (χ0n) is 13.5. The normalized spacial score (nSPS) is 11.5. The van der Waals surface area contributed by atoms with Gasteiger partial charge in [0.1, 0.15) is 0 Å². The van der Waals surface area contributed by atoms with E-state index >= 15 is 0 Å². The summed E-state index contributed by atoms with van der Waals surface area (Å²) in [5, 5.41) is 0. The number of benzene rings is 2. The Labute approximate surface area is 139 Å². The Morgan fingerprint density at radius 2 is 1.83 bits per heavy atom. The molecule has 0 unspecified atom stereocenters. The van der Waals surface area contributed by atoms with Crippen molar-refractivity contribution in [2.24, 2.45) is 0 Å².